The summed E-state index contributed by atoms with van der Waals surface area (Å²) in [5.74, 6) is -0.745. The van der Waals surface area contributed by atoms with Gasteiger partial charge >= 0.3 is 5.97 Å². The largest absolute Gasteiger partial charge is 0.481 e. The normalized spacial score (nSPS) is 11.0. The third kappa shape index (κ3) is 2.05. The van der Waals surface area contributed by atoms with E-state index in [4.69, 9.17) is 5.11 Å². The van der Waals surface area contributed by atoms with Crippen LogP contribution in [0, 0.1) is 13.8 Å². The monoisotopic (exact) mass is 231 g/mol. The van der Waals surface area contributed by atoms with Crippen LogP contribution in [-0.2, 0) is 18.3 Å². The number of hydrogen-bond acceptors (Lipinski definition) is 1. The molecule has 0 bridgehead atoms. The highest BCUT2D eigenvalue weighted by atomic mass is 16.4. The van der Waals surface area contributed by atoms with Crippen molar-refractivity contribution in [2.45, 2.75) is 26.7 Å². The van der Waals surface area contributed by atoms with Crippen molar-refractivity contribution in [3.05, 3.63) is 35.0 Å². The average molecular weight is 231 g/mol. The van der Waals surface area contributed by atoms with Crippen LogP contribution in [0.1, 0.15) is 23.2 Å². The Kier molecular flexibility index (Phi) is 2.92. The Hall–Kier alpha value is -1.77. The molecule has 0 amide bonds. The molecule has 3 heteroatoms. The van der Waals surface area contributed by atoms with Crippen molar-refractivity contribution < 1.29 is 9.90 Å². The molecule has 0 aliphatic heterocycles. The summed E-state index contributed by atoms with van der Waals surface area (Å²) < 4.78 is 2.10. The van der Waals surface area contributed by atoms with Gasteiger partial charge in [-0.1, -0.05) is 11.6 Å². The second kappa shape index (κ2) is 4.24. The molecule has 2 rings (SSSR count). The van der Waals surface area contributed by atoms with Gasteiger partial charge < -0.3 is 9.67 Å². The van der Waals surface area contributed by atoms with E-state index in [1.54, 1.807) is 0 Å². The Balaban J connectivity index is 2.52. The number of rotatable bonds is 3. The van der Waals surface area contributed by atoms with Crippen molar-refractivity contribution >= 4 is 16.9 Å². The highest BCUT2D eigenvalue weighted by Crippen LogP contribution is 2.26. The lowest BCUT2D eigenvalue weighted by atomic mass is 10.1. The van der Waals surface area contributed by atoms with Gasteiger partial charge in [0.25, 0.3) is 0 Å². The van der Waals surface area contributed by atoms with Gasteiger partial charge in [-0.25, -0.2) is 0 Å². The highest BCUT2D eigenvalue weighted by molar-refractivity contribution is 5.86. The maximum Gasteiger partial charge on any atom is 0.303 e. The number of aliphatic carboxylic acids is 1. The van der Waals surface area contributed by atoms with Gasteiger partial charge in [-0.15, -0.1) is 0 Å². The number of aromatic nitrogens is 1. The zero-order chi connectivity index (χ0) is 12.6. The Bertz CT molecular complexity index is 581. The lowest BCUT2D eigenvalue weighted by Crippen LogP contribution is -2.03. The summed E-state index contributed by atoms with van der Waals surface area (Å²) in [4.78, 5) is 10.7. The van der Waals surface area contributed by atoms with Gasteiger partial charge in [0.15, 0.2) is 0 Å². The first-order valence-corrected chi connectivity index (χ1v) is 5.77. The molecule has 0 saturated carbocycles. The molecule has 1 aromatic carbocycles. The van der Waals surface area contributed by atoms with Crippen LogP contribution in [0.4, 0.5) is 0 Å². The van der Waals surface area contributed by atoms with Crippen LogP contribution in [0.15, 0.2) is 18.2 Å². The molecule has 1 aromatic heterocycles. The minimum absolute atomic E-state index is 0.185. The Morgan fingerprint density at radius 1 is 1.35 bits per heavy atom. The van der Waals surface area contributed by atoms with Gasteiger partial charge in [0, 0.05) is 23.6 Å². The van der Waals surface area contributed by atoms with Crippen molar-refractivity contribution in [1.82, 2.24) is 4.57 Å². The number of nitrogens with zero attached hydrogens (tertiary/aromatic N) is 1. The van der Waals surface area contributed by atoms with Crippen LogP contribution in [0.3, 0.4) is 0 Å². The summed E-state index contributed by atoms with van der Waals surface area (Å²) in [5, 5.41) is 10.00. The van der Waals surface area contributed by atoms with Gasteiger partial charge in [0.1, 0.15) is 0 Å². The predicted molar refractivity (Wildman–Crippen MR) is 68.3 cm³/mol. The van der Waals surface area contributed by atoms with E-state index in [0.717, 1.165) is 5.69 Å². The molecular weight excluding hydrogens is 214 g/mol. The Labute approximate surface area is 101 Å². The van der Waals surface area contributed by atoms with Gasteiger partial charge in [-0.3, -0.25) is 4.79 Å². The highest BCUT2D eigenvalue weighted by Gasteiger charge is 2.12. The molecular formula is C14H17NO2. The van der Waals surface area contributed by atoms with Crippen molar-refractivity contribution in [3.63, 3.8) is 0 Å². The minimum Gasteiger partial charge on any atom is -0.481 e. The molecule has 0 aliphatic carbocycles. The summed E-state index contributed by atoms with van der Waals surface area (Å²) in [6.45, 7) is 4.14. The molecule has 1 heterocycles. The Morgan fingerprint density at radius 3 is 2.71 bits per heavy atom. The molecule has 0 unspecified atom stereocenters. The maximum atomic E-state index is 10.7. The van der Waals surface area contributed by atoms with Crippen LogP contribution in [-0.4, -0.2) is 15.6 Å². The topological polar surface area (TPSA) is 42.2 Å². The zero-order valence-corrected chi connectivity index (χ0v) is 10.4. The smallest absolute Gasteiger partial charge is 0.303 e. The molecule has 1 N–H and O–H groups in total. The predicted octanol–water partition coefficient (Wildman–Crippen LogP) is 2.81. The Morgan fingerprint density at radius 2 is 2.06 bits per heavy atom. The first-order chi connectivity index (χ1) is 8.00. The zero-order valence-electron chi connectivity index (χ0n) is 10.4. The van der Waals surface area contributed by atoms with E-state index in [1.165, 1.54) is 22.0 Å². The SMILES string of the molecule is Cc1ccc2c(c1)c(C)c(CCC(=O)O)n2C. The van der Waals surface area contributed by atoms with E-state index in [1.807, 2.05) is 7.05 Å². The third-order valence-corrected chi connectivity index (χ3v) is 3.33. The van der Waals surface area contributed by atoms with E-state index >= 15 is 0 Å². The molecule has 3 nitrogen and oxygen atoms in total. The standard InChI is InChI=1S/C14H17NO2/c1-9-4-5-13-11(8-9)10(2)12(15(13)3)6-7-14(16)17/h4-5,8H,6-7H2,1-3H3,(H,16,17). The summed E-state index contributed by atoms with van der Waals surface area (Å²) >= 11 is 0. The summed E-state index contributed by atoms with van der Waals surface area (Å²) in [6, 6.07) is 6.35. The van der Waals surface area contributed by atoms with Crippen LogP contribution >= 0.6 is 0 Å². The van der Waals surface area contributed by atoms with E-state index < -0.39 is 5.97 Å². The van der Waals surface area contributed by atoms with Gasteiger partial charge in [0.2, 0.25) is 0 Å². The molecule has 90 valence electrons. The van der Waals surface area contributed by atoms with E-state index in [9.17, 15) is 4.79 Å². The second-order valence-corrected chi connectivity index (χ2v) is 4.55. The van der Waals surface area contributed by atoms with Crippen LogP contribution < -0.4 is 0 Å². The molecule has 0 aliphatic rings. The number of carbonyl (C=O) groups is 1. The first kappa shape index (κ1) is 11.7. The lowest BCUT2D eigenvalue weighted by molar-refractivity contribution is -0.136. The van der Waals surface area contributed by atoms with Crippen molar-refractivity contribution in [2.24, 2.45) is 7.05 Å². The number of fused-ring (bicyclic) bond motifs is 1. The fourth-order valence-electron chi connectivity index (χ4n) is 2.38. The first-order valence-electron chi connectivity index (χ1n) is 5.77. The fraction of sp³-hybridized carbons (Fsp3) is 0.357. The van der Waals surface area contributed by atoms with Gasteiger partial charge in [-0.2, -0.15) is 0 Å². The quantitative estimate of drug-likeness (QED) is 0.882. The van der Waals surface area contributed by atoms with Crippen molar-refractivity contribution in [2.75, 3.05) is 0 Å². The van der Waals surface area contributed by atoms with Crippen LogP contribution in [0.25, 0.3) is 10.9 Å². The molecule has 0 saturated heterocycles. The molecule has 0 atom stereocenters. The second-order valence-electron chi connectivity index (χ2n) is 4.55. The van der Waals surface area contributed by atoms with Crippen molar-refractivity contribution in [1.29, 1.82) is 0 Å². The van der Waals surface area contributed by atoms with Crippen molar-refractivity contribution in [3.8, 4) is 0 Å². The van der Waals surface area contributed by atoms with Crippen LogP contribution in [0.5, 0.6) is 0 Å². The summed E-state index contributed by atoms with van der Waals surface area (Å²) in [5.41, 5.74) is 4.73. The summed E-state index contributed by atoms with van der Waals surface area (Å²) in [6.07, 6.45) is 0.773. The lowest BCUT2D eigenvalue weighted by Gasteiger charge is -2.03. The number of aryl methyl sites for hydroxylation is 3. The molecule has 0 fully saturated rings. The van der Waals surface area contributed by atoms with E-state index in [-0.39, 0.29) is 6.42 Å². The molecule has 17 heavy (non-hydrogen) atoms. The number of carboxylic acids is 1. The number of benzene rings is 1. The molecule has 2 aromatic rings. The maximum absolute atomic E-state index is 10.7. The van der Waals surface area contributed by atoms with E-state index in [0.29, 0.717) is 6.42 Å². The number of carboxylic acid groups (broad SMARTS) is 1. The fourth-order valence-corrected chi connectivity index (χ4v) is 2.38. The van der Waals surface area contributed by atoms with Gasteiger partial charge in [0.05, 0.1) is 6.42 Å². The minimum atomic E-state index is -0.745. The molecule has 0 spiro atoms. The van der Waals surface area contributed by atoms with Crippen LogP contribution in [0.2, 0.25) is 0 Å². The van der Waals surface area contributed by atoms with E-state index in [2.05, 4.69) is 36.6 Å². The number of hydrogen-bond donors (Lipinski definition) is 1. The average Bonchev–Trinajstić information content (AvgIpc) is 2.49. The third-order valence-electron chi connectivity index (χ3n) is 3.33. The molecule has 0 radical (unpaired) electrons. The summed E-state index contributed by atoms with van der Waals surface area (Å²) in [7, 11) is 2.00. The van der Waals surface area contributed by atoms with Gasteiger partial charge in [-0.05, 0) is 38.0 Å².